The molecule has 0 fully saturated rings. The van der Waals surface area contributed by atoms with E-state index < -0.39 is 5.97 Å². The minimum Gasteiger partial charge on any atom is -0.462 e. The fourth-order valence-corrected chi connectivity index (χ4v) is 2.50. The van der Waals surface area contributed by atoms with E-state index in [-0.39, 0.29) is 5.91 Å². The molecule has 0 heterocycles. The van der Waals surface area contributed by atoms with E-state index in [1.54, 1.807) is 55.5 Å². The van der Waals surface area contributed by atoms with Crippen molar-refractivity contribution in [2.45, 2.75) is 6.92 Å². The second-order valence-corrected chi connectivity index (χ2v) is 5.67. The van der Waals surface area contributed by atoms with Crippen LogP contribution in [0.2, 0.25) is 0 Å². The minimum absolute atomic E-state index is 0.291. The molecule has 1 N–H and O–H groups in total. The molecule has 0 saturated carbocycles. The number of rotatable bonds is 6. The number of carbonyl (C=O) groups excluding carboxylic acids is 2. The van der Waals surface area contributed by atoms with Crippen molar-refractivity contribution < 1.29 is 19.1 Å². The Labute approximate surface area is 157 Å². The molecule has 0 aromatic heterocycles. The summed E-state index contributed by atoms with van der Waals surface area (Å²) in [4.78, 5) is 24.6. The number of anilines is 1. The number of esters is 1. The Hall–Kier alpha value is -3.60. The molecule has 5 heteroatoms. The predicted molar refractivity (Wildman–Crippen MR) is 103 cm³/mol. The molecule has 1 amide bonds. The molecule has 5 nitrogen and oxygen atoms in total. The zero-order chi connectivity index (χ0) is 19.1. The molecule has 0 bridgehead atoms. The summed E-state index contributed by atoms with van der Waals surface area (Å²) < 4.78 is 10.8. The second kappa shape index (κ2) is 8.67. The highest BCUT2D eigenvalue weighted by Crippen LogP contribution is 2.26. The predicted octanol–water partition coefficient (Wildman–Crippen LogP) is 4.91. The number of hydrogen-bond donors (Lipinski definition) is 1. The van der Waals surface area contributed by atoms with E-state index in [1.165, 1.54) is 0 Å². The average molecular weight is 361 g/mol. The van der Waals surface area contributed by atoms with Crippen LogP contribution in [0, 0.1) is 0 Å². The number of amides is 1. The Morgan fingerprint density at radius 1 is 0.889 bits per heavy atom. The van der Waals surface area contributed by atoms with Crippen LogP contribution in [0.5, 0.6) is 11.5 Å². The van der Waals surface area contributed by atoms with Crippen LogP contribution < -0.4 is 10.1 Å². The number of nitrogens with one attached hydrogen (secondary N) is 1. The third kappa shape index (κ3) is 4.73. The molecule has 0 aliphatic carbocycles. The lowest BCUT2D eigenvalue weighted by atomic mass is 10.1. The summed E-state index contributed by atoms with van der Waals surface area (Å²) in [6, 6.07) is 22.8. The number of para-hydroxylation sites is 2. The van der Waals surface area contributed by atoms with Gasteiger partial charge < -0.3 is 14.8 Å². The van der Waals surface area contributed by atoms with E-state index in [0.717, 1.165) is 0 Å². The molecule has 0 atom stereocenters. The van der Waals surface area contributed by atoms with Crippen molar-refractivity contribution in [2.24, 2.45) is 0 Å². The van der Waals surface area contributed by atoms with Crippen molar-refractivity contribution in [1.82, 2.24) is 0 Å². The molecule has 3 rings (SSSR count). The zero-order valence-corrected chi connectivity index (χ0v) is 14.8. The molecule has 3 aromatic carbocycles. The smallest absolute Gasteiger partial charge is 0.338 e. The van der Waals surface area contributed by atoms with Crippen LogP contribution in [-0.2, 0) is 4.74 Å². The van der Waals surface area contributed by atoms with Crippen LogP contribution in [0.4, 0.5) is 5.69 Å². The third-order valence-electron chi connectivity index (χ3n) is 3.73. The zero-order valence-electron chi connectivity index (χ0n) is 14.8. The molecule has 0 aliphatic heterocycles. The van der Waals surface area contributed by atoms with Crippen LogP contribution in [0.25, 0.3) is 0 Å². The lowest BCUT2D eigenvalue weighted by Gasteiger charge is -2.12. The lowest BCUT2D eigenvalue weighted by molar-refractivity contribution is 0.0526. The summed E-state index contributed by atoms with van der Waals surface area (Å²) in [5.41, 5.74) is 1.27. The fraction of sp³-hybridized carbons (Fsp3) is 0.0909. The monoisotopic (exact) mass is 361 g/mol. The van der Waals surface area contributed by atoms with E-state index in [2.05, 4.69) is 5.32 Å². The van der Waals surface area contributed by atoms with Gasteiger partial charge in [0.2, 0.25) is 0 Å². The van der Waals surface area contributed by atoms with Gasteiger partial charge in [0.15, 0.2) is 0 Å². The van der Waals surface area contributed by atoms with Crippen LogP contribution in [-0.4, -0.2) is 18.5 Å². The number of carbonyl (C=O) groups is 2. The molecule has 0 radical (unpaired) electrons. The SMILES string of the molecule is CCOC(=O)c1cccc(NC(=O)c2ccccc2Oc2ccccc2)c1. The molecule has 0 unspecified atom stereocenters. The third-order valence-corrected chi connectivity index (χ3v) is 3.73. The Balaban J connectivity index is 1.79. The Morgan fingerprint density at radius 2 is 1.63 bits per heavy atom. The average Bonchev–Trinajstić information content (AvgIpc) is 2.69. The minimum atomic E-state index is -0.429. The lowest BCUT2D eigenvalue weighted by Crippen LogP contribution is -2.13. The van der Waals surface area contributed by atoms with Gasteiger partial charge in [-0.05, 0) is 49.4 Å². The van der Waals surface area contributed by atoms with Crippen molar-refractivity contribution in [2.75, 3.05) is 11.9 Å². The maximum Gasteiger partial charge on any atom is 0.338 e. The van der Waals surface area contributed by atoms with Crippen molar-refractivity contribution in [3.05, 3.63) is 90.0 Å². The summed E-state index contributed by atoms with van der Waals surface area (Å²) in [6.45, 7) is 2.03. The van der Waals surface area contributed by atoms with Gasteiger partial charge in [-0.2, -0.15) is 0 Å². The number of hydrogen-bond acceptors (Lipinski definition) is 4. The maximum absolute atomic E-state index is 12.7. The Bertz CT molecular complexity index is 938. The van der Waals surface area contributed by atoms with Gasteiger partial charge in [-0.1, -0.05) is 36.4 Å². The van der Waals surface area contributed by atoms with Crippen LogP contribution in [0.1, 0.15) is 27.6 Å². The summed E-state index contributed by atoms with van der Waals surface area (Å²) in [6.07, 6.45) is 0. The van der Waals surface area contributed by atoms with E-state index in [9.17, 15) is 9.59 Å². The Kier molecular flexibility index (Phi) is 5.84. The summed E-state index contributed by atoms with van der Waals surface area (Å²) in [5.74, 6) is 0.328. The van der Waals surface area contributed by atoms with Gasteiger partial charge in [0.25, 0.3) is 5.91 Å². The summed E-state index contributed by atoms with van der Waals surface area (Å²) in [5, 5.41) is 2.80. The van der Waals surface area contributed by atoms with Crippen molar-refractivity contribution in [3.8, 4) is 11.5 Å². The van der Waals surface area contributed by atoms with Gasteiger partial charge in [-0.25, -0.2) is 4.79 Å². The topological polar surface area (TPSA) is 64.6 Å². The van der Waals surface area contributed by atoms with Crippen molar-refractivity contribution in [3.63, 3.8) is 0 Å². The van der Waals surface area contributed by atoms with Crippen LogP contribution in [0.3, 0.4) is 0 Å². The van der Waals surface area contributed by atoms with Crippen LogP contribution >= 0.6 is 0 Å². The molecular weight excluding hydrogens is 342 g/mol. The quantitative estimate of drug-likeness (QED) is 0.634. The molecule has 0 aliphatic rings. The van der Waals surface area contributed by atoms with Gasteiger partial charge in [-0.15, -0.1) is 0 Å². The van der Waals surface area contributed by atoms with E-state index in [1.807, 2.05) is 30.3 Å². The molecular formula is C22H19NO4. The highest BCUT2D eigenvalue weighted by atomic mass is 16.5. The molecule has 0 saturated heterocycles. The van der Waals surface area contributed by atoms with Crippen molar-refractivity contribution in [1.29, 1.82) is 0 Å². The van der Waals surface area contributed by atoms with Crippen molar-refractivity contribution >= 4 is 17.6 Å². The van der Waals surface area contributed by atoms with Gasteiger partial charge in [0.1, 0.15) is 11.5 Å². The second-order valence-electron chi connectivity index (χ2n) is 5.67. The molecule has 136 valence electrons. The summed E-state index contributed by atoms with van der Waals surface area (Å²) in [7, 11) is 0. The first kappa shape index (κ1) is 18.2. The first-order valence-corrected chi connectivity index (χ1v) is 8.58. The fourth-order valence-electron chi connectivity index (χ4n) is 2.50. The number of ether oxygens (including phenoxy) is 2. The van der Waals surface area contributed by atoms with E-state index >= 15 is 0 Å². The molecule has 0 spiro atoms. The normalized spacial score (nSPS) is 10.1. The summed E-state index contributed by atoms with van der Waals surface area (Å²) >= 11 is 0. The standard InChI is InChI=1S/C22H19NO4/c1-2-26-22(25)16-9-8-10-17(15-16)23-21(24)19-13-6-7-14-20(19)27-18-11-4-3-5-12-18/h3-15H,2H2,1H3,(H,23,24). The van der Waals surface area contributed by atoms with Gasteiger partial charge in [0, 0.05) is 5.69 Å². The maximum atomic E-state index is 12.7. The van der Waals surface area contributed by atoms with E-state index in [0.29, 0.717) is 34.9 Å². The van der Waals surface area contributed by atoms with Gasteiger partial charge in [0.05, 0.1) is 17.7 Å². The van der Waals surface area contributed by atoms with Crippen LogP contribution in [0.15, 0.2) is 78.9 Å². The molecule has 3 aromatic rings. The molecule has 27 heavy (non-hydrogen) atoms. The highest BCUT2D eigenvalue weighted by molar-refractivity contribution is 6.06. The van der Waals surface area contributed by atoms with Gasteiger partial charge >= 0.3 is 5.97 Å². The highest BCUT2D eigenvalue weighted by Gasteiger charge is 2.14. The number of benzene rings is 3. The van der Waals surface area contributed by atoms with Gasteiger partial charge in [-0.3, -0.25) is 4.79 Å². The Morgan fingerprint density at radius 3 is 2.41 bits per heavy atom. The first-order valence-electron chi connectivity index (χ1n) is 8.58. The largest absolute Gasteiger partial charge is 0.462 e. The van der Waals surface area contributed by atoms with E-state index in [4.69, 9.17) is 9.47 Å². The first-order chi connectivity index (χ1) is 13.2.